The van der Waals surface area contributed by atoms with Crippen LogP contribution < -0.4 is 10.1 Å². The second-order valence-electron chi connectivity index (χ2n) is 8.20. The molecule has 1 fully saturated rings. The molecule has 1 saturated carbocycles. The Balaban J connectivity index is 1.40. The van der Waals surface area contributed by atoms with Gasteiger partial charge in [0.2, 0.25) is 5.91 Å². The standard InChI is InChI=1S/C25H25N5O2/c1-17(31)28-19-9-11-20(12-10-19)30-25-23(15-26-16-27-25)24(29-30)18-7-13-22(14-8-18)32-21-5-3-2-4-6-21/h2-8,13-16,19-20H,9-12H2,1H3,(H,28,31)/t19-,20-. The number of nitrogens with one attached hydrogen (secondary N) is 1. The van der Waals surface area contributed by atoms with Gasteiger partial charge in [-0.25, -0.2) is 14.6 Å². The van der Waals surface area contributed by atoms with Crippen molar-refractivity contribution in [3.63, 3.8) is 0 Å². The molecule has 1 aliphatic rings. The number of benzene rings is 2. The van der Waals surface area contributed by atoms with E-state index >= 15 is 0 Å². The lowest BCUT2D eigenvalue weighted by molar-refractivity contribution is -0.119. The Morgan fingerprint density at radius 3 is 2.44 bits per heavy atom. The van der Waals surface area contributed by atoms with Gasteiger partial charge in [0.25, 0.3) is 0 Å². The van der Waals surface area contributed by atoms with Gasteiger partial charge in [0.1, 0.15) is 23.5 Å². The molecule has 2 aromatic heterocycles. The third kappa shape index (κ3) is 4.19. The van der Waals surface area contributed by atoms with Crippen molar-refractivity contribution in [3.05, 3.63) is 67.1 Å². The lowest BCUT2D eigenvalue weighted by Gasteiger charge is -2.29. The van der Waals surface area contributed by atoms with Crippen LogP contribution in [0.25, 0.3) is 22.3 Å². The number of rotatable bonds is 5. The Morgan fingerprint density at radius 1 is 1.00 bits per heavy atom. The molecule has 0 bridgehead atoms. The van der Waals surface area contributed by atoms with Gasteiger partial charge in [0, 0.05) is 24.7 Å². The molecule has 0 aliphatic heterocycles. The summed E-state index contributed by atoms with van der Waals surface area (Å²) in [6, 6.07) is 18.2. The van der Waals surface area contributed by atoms with Crippen LogP contribution in [-0.2, 0) is 4.79 Å². The van der Waals surface area contributed by atoms with Crippen LogP contribution in [0.1, 0.15) is 38.6 Å². The van der Waals surface area contributed by atoms with Crippen molar-refractivity contribution >= 4 is 16.9 Å². The number of amides is 1. The zero-order valence-electron chi connectivity index (χ0n) is 17.9. The highest BCUT2D eigenvalue weighted by Gasteiger charge is 2.26. The molecule has 0 spiro atoms. The van der Waals surface area contributed by atoms with Crippen molar-refractivity contribution in [2.24, 2.45) is 0 Å². The minimum absolute atomic E-state index is 0.0349. The number of fused-ring (bicyclic) bond motifs is 1. The van der Waals surface area contributed by atoms with Crippen molar-refractivity contribution in [2.45, 2.75) is 44.7 Å². The molecule has 0 saturated heterocycles. The van der Waals surface area contributed by atoms with E-state index in [9.17, 15) is 4.79 Å². The summed E-state index contributed by atoms with van der Waals surface area (Å²) in [6.45, 7) is 1.58. The molecule has 1 aliphatic carbocycles. The van der Waals surface area contributed by atoms with Crippen LogP contribution >= 0.6 is 0 Å². The number of aromatic nitrogens is 4. The van der Waals surface area contributed by atoms with Gasteiger partial charge in [-0.3, -0.25) is 4.79 Å². The van der Waals surface area contributed by atoms with Gasteiger partial charge in [0.15, 0.2) is 5.65 Å². The monoisotopic (exact) mass is 427 g/mol. The smallest absolute Gasteiger partial charge is 0.217 e. The van der Waals surface area contributed by atoms with Crippen LogP contribution in [0.5, 0.6) is 11.5 Å². The molecule has 5 rings (SSSR count). The largest absolute Gasteiger partial charge is 0.457 e. The minimum Gasteiger partial charge on any atom is -0.457 e. The first kappa shape index (κ1) is 20.2. The lowest BCUT2D eigenvalue weighted by Crippen LogP contribution is -2.36. The van der Waals surface area contributed by atoms with E-state index in [0.717, 1.165) is 59.5 Å². The Kier molecular flexibility index (Phi) is 5.54. The number of hydrogen-bond acceptors (Lipinski definition) is 5. The number of hydrogen-bond donors (Lipinski definition) is 1. The summed E-state index contributed by atoms with van der Waals surface area (Å²) < 4.78 is 7.96. The maximum Gasteiger partial charge on any atom is 0.217 e. The van der Waals surface area contributed by atoms with Crippen LogP contribution in [0.15, 0.2) is 67.1 Å². The lowest BCUT2D eigenvalue weighted by atomic mass is 9.91. The van der Waals surface area contributed by atoms with Crippen LogP contribution in [-0.4, -0.2) is 31.7 Å². The highest BCUT2D eigenvalue weighted by Crippen LogP contribution is 2.34. The van der Waals surface area contributed by atoms with Gasteiger partial charge in [0.05, 0.1) is 11.4 Å². The summed E-state index contributed by atoms with van der Waals surface area (Å²) >= 11 is 0. The molecule has 0 radical (unpaired) electrons. The molecule has 0 unspecified atom stereocenters. The van der Waals surface area contributed by atoms with Gasteiger partial charge in [-0.15, -0.1) is 0 Å². The molecule has 7 nitrogen and oxygen atoms in total. The second-order valence-corrected chi connectivity index (χ2v) is 8.20. The average Bonchev–Trinajstić information content (AvgIpc) is 3.20. The van der Waals surface area contributed by atoms with E-state index in [0.29, 0.717) is 0 Å². The summed E-state index contributed by atoms with van der Waals surface area (Å²) in [5.74, 6) is 1.61. The summed E-state index contributed by atoms with van der Waals surface area (Å²) in [5, 5.41) is 8.95. The summed E-state index contributed by atoms with van der Waals surface area (Å²) in [5.41, 5.74) is 2.72. The zero-order chi connectivity index (χ0) is 21.9. The number of carbonyl (C=O) groups excluding carboxylic acids is 1. The molecular weight excluding hydrogens is 402 g/mol. The molecule has 2 heterocycles. The van der Waals surface area contributed by atoms with E-state index in [1.807, 2.05) is 65.5 Å². The number of para-hydroxylation sites is 1. The number of carbonyl (C=O) groups is 1. The van der Waals surface area contributed by atoms with Crippen molar-refractivity contribution in [1.29, 1.82) is 0 Å². The quantitative estimate of drug-likeness (QED) is 0.490. The van der Waals surface area contributed by atoms with Gasteiger partial charge in [-0.2, -0.15) is 5.10 Å². The van der Waals surface area contributed by atoms with E-state index in [2.05, 4.69) is 15.3 Å². The predicted molar refractivity (Wildman–Crippen MR) is 122 cm³/mol. The Bertz CT molecular complexity index is 1210. The normalized spacial score (nSPS) is 18.4. The molecule has 0 atom stereocenters. The Hall–Kier alpha value is -3.74. The topological polar surface area (TPSA) is 81.9 Å². The highest BCUT2D eigenvalue weighted by atomic mass is 16.5. The Morgan fingerprint density at radius 2 is 1.72 bits per heavy atom. The minimum atomic E-state index is 0.0349. The van der Waals surface area contributed by atoms with E-state index in [4.69, 9.17) is 9.84 Å². The zero-order valence-corrected chi connectivity index (χ0v) is 17.9. The van der Waals surface area contributed by atoms with Crippen LogP contribution in [0, 0.1) is 0 Å². The first-order chi connectivity index (χ1) is 15.7. The Labute approximate surface area is 186 Å². The first-order valence-corrected chi connectivity index (χ1v) is 11.0. The molecule has 7 heteroatoms. The van der Waals surface area contributed by atoms with E-state index in [1.54, 1.807) is 13.3 Å². The van der Waals surface area contributed by atoms with E-state index in [-0.39, 0.29) is 18.0 Å². The molecule has 1 amide bonds. The van der Waals surface area contributed by atoms with E-state index < -0.39 is 0 Å². The molecule has 4 aromatic rings. The SMILES string of the molecule is CC(=O)N[C@H]1CC[C@H](n2nc(-c3ccc(Oc4ccccc4)cc3)c3cncnc32)CC1. The maximum absolute atomic E-state index is 11.4. The fraction of sp³-hybridized carbons (Fsp3) is 0.280. The number of ether oxygens (including phenoxy) is 1. The predicted octanol–water partition coefficient (Wildman–Crippen LogP) is 4.91. The molecule has 2 aromatic carbocycles. The molecule has 32 heavy (non-hydrogen) atoms. The third-order valence-electron chi connectivity index (χ3n) is 5.93. The van der Waals surface area contributed by atoms with Crippen molar-refractivity contribution < 1.29 is 9.53 Å². The van der Waals surface area contributed by atoms with Crippen LogP contribution in [0.3, 0.4) is 0 Å². The van der Waals surface area contributed by atoms with E-state index in [1.165, 1.54) is 0 Å². The van der Waals surface area contributed by atoms with Gasteiger partial charge < -0.3 is 10.1 Å². The van der Waals surface area contributed by atoms with Gasteiger partial charge in [-0.05, 0) is 62.1 Å². The first-order valence-electron chi connectivity index (χ1n) is 11.0. The molecule has 162 valence electrons. The van der Waals surface area contributed by atoms with Gasteiger partial charge in [-0.1, -0.05) is 18.2 Å². The van der Waals surface area contributed by atoms with Crippen molar-refractivity contribution in [1.82, 2.24) is 25.1 Å². The van der Waals surface area contributed by atoms with Crippen LogP contribution in [0.2, 0.25) is 0 Å². The highest BCUT2D eigenvalue weighted by molar-refractivity contribution is 5.90. The van der Waals surface area contributed by atoms with Crippen molar-refractivity contribution in [2.75, 3.05) is 0 Å². The average molecular weight is 428 g/mol. The van der Waals surface area contributed by atoms with Crippen molar-refractivity contribution in [3.8, 4) is 22.8 Å². The summed E-state index contributed by atoms with van der Waals surface area (Å²) in [4.78, 5) is 20.1. The fourth-order valence-electron chi connectivity index (χ4n) is 4.41. The summed E-state index contributed by atoms with van der Waals surface area (Å²) in [7, 11) is 0. The van der Waals surface area contributed by atoms with Gasteiger partial charge >= 0.3 is 0 Å². The molecular formula is C25H25N5O2. The van der Waals surface area contributed by atoms with Crippen LogP contribution in [0.4, 0.5) is 0 Å². The maximum atomic E-state index is 11.4. The second kappa shape index (κ2) is 8.78. The third-order valence-corrected chi connectivity index (χ3v) is 5.93. The number of nitrogens with zero attached hydrogens (tertiary/aromatic N) is 4. The summed E-state index contributed by atoms with van der Waals surface area (Å²) in [6.07, 6.45) is 7.20. The molecule has 1 N–H and O–H groups in total. The fourth-order valence-corrected chi connectivity index (χ4v) is 4.41.